The molecule has 2 aliphatic rings. The van der Waals surface area contributed by atoms with Gasteiger partial charge in [-0.05, 0) is 5.56 Å². The van der Waals surface area contributed by atoms with Crippen molar-refractivity contribution in [3.8, 4) is 0 Å². The Bertz CT molecular complexity index is 404. The number of quaternary nitrogens is 1. The molecule has 2 saturated heterocycles. The smallest absolute Gasteiger partial charge is 0.415 e. The van der Waals surface area contributed by atoms with Gasteiger partial charge in [0.25, 0.3) is 0 Å². The van der Waals surface area contributed by atoms with Crippen molar-refractivity contribution in [2.75, 3.05) is 13.1 Å². The van der Waals surface area contributed by atoms with Crippen LogP contribution in [-0.4, -0.2) is 29.7 Å². The molecule has 2 atom stereocenters. The second-order valence-electron chi connectivity index (χ2n) is 4.78. The lowest BCUT2D eigenvalue weighted by atomic mass is 10.2. The zero-order valence-corrected chi connectivity index (χ0v) is 9.26. The Kier molecular flexibility index (Phi) is 2.21. The SMILES string of the molecule is O=C(OCc1ccccc1)[N+]12CCCC1C2. The Morgan fingerprint density at radius 1 is 1.38 bits per heavy atom. The molecule has 2 heterocycles. The van der Waals surface area contributed by atoms with Gasteiger partial charge in [0.2, 0.25) is 0 Å². The molecule has 84 valence electrons. The Morgan fingerprint density at radius 3 is 2.81 bits per heavy atom. The fourth-order valence-corrected chi connectivity index (χ4v) is 2.71. The van der Waals surface area contributed by atoms with Crippen molar-refractivity contribution in [1.82, 2.24) is 0 Å². The van der Waals surface area contributed by atoms with Crippen LogP contribution < -0.4 is 0 Å². The number of rotatable bonds is 2. The second kappa shape index (κ2) is 3.59. The summed E-state index contributed by atoms with van der Waals surface area (Å²) in [6.07, 6.45) is 2.34. The molecule has 16 heavy (non-hydrogen) atoms. The van der Waals surface area contributed by atoms with Crippen LogP contribution in [0.1, 0.15) is 18.4 Å². The van der Waals surface area contributed by atoms with Crippen molar-refractivity contribution in [1.29, 1.82) is 0 Å². The standard InChI is InChI=1S/C13H16NO2/c15-13(14-8-4-7-12(14)9-14)16-10-11-5-2-1-3-6-11/h1-3,5-6,12H,4,7-10H2/q+1. The summed E-state index contributed by atoms with van der Waals surface area (Å²) in [5.41, 5.74) is 1.06. The van der Waals surface area contributed by atoms with Crippen LogP contribution in [0.25, 0.3) is 0 Å². The maximum Gasteiger partial charge on any atom is 0.516 e. The van der Waals surface area contributed by atoms with Crippen LogP contribution in [0, 0.1) is 0 Å². The zero-order chi connectivity index (χ0) is 11.0. The van der Waals surface area contributed by atoms with E-state index in [1.165, 1.54) is 12.8 Å². The number of carbonyl (C=O) groups is 1. The fourth-order valence-electron chi connectivity index (χ4n) is 2.71. The molecule has 3 rings (SSSR count). The van der Waals surface area contributed by atoms with Gasteiger partial charge in [-0.2, -0.15) is 4.79 Å². The number of amides is 1. The van der Waals surface area contributed by atoms with E-state index in [1.807, 2.05) is 30.3 Å². The number of hydrogen-bond donors (Lipinski definition) is 0. The summed E-state index contributed by atoms with van der Waals surface area (Å²) in [7, 11) is 0. The molecule has 0 saturated carbocycles. The average molecular weight is 218 g/mol. The van der Waals surface area contributed by atoms with Crippen LogP contribution in [0.4, 0.5) is 4.79 Å². The van der Waals surface area contributed by atoms with Crippen molar-refractivity contribution in [2.45, 2.75) is 25.5 Å². The minimum absolute atomic E-state index is 0.0219. The maximum atomic E-state index is 11.9. The predicted molar refractivity (Wildman–Crippen MR) is 59.6 cm³/mol. The van der Waals surface area contributed by atoms with Gasteiger partial charge in [0, 0.05) is 12.8 Å². The lowest BCUT2D eigenvalue weighted by Gasteiger charge is -2.12. The van der Waals surface area contributed by atoms with Crippen molar-refractivity contribution < 1.29 is 14.0 Å². The number of benzene rings is 1. The van der Waals surface area contributed by atoms with Gasteiger partial charge in [0.15, 0.2) is 0 Å². The van der Waals surface area contributed by atoms with Gasteiger partial charge in [0.05, 0.1) is 6.54 Å². The average Bonchev–Trinajstić information content (AvgIpc) is 2.90. The lowest BCUT2D eigenvalue weighted by molar-refractivity contribution is -0.725. The molecule has 2 unspecified atom stereocenters. The summed E-state index contributed by atoms with van der Waals surface area (Å²) in [6, 6.07) is 10.4. The van der Waals surface area contributed by atoms with Crippen LogP contribution in [0.2, 0.25) is 0 Å². The number of carbonyl (C=O) groups excluding carboxylic acids is 1. The van der Waals surface area contributed by atoms with E-state index in [-0.39, 0.29) is 6.09 Å². The minimum atomic E-state index is -0.0219. The molecular formula is C13H16NO2+. The summed E-state index contributed by atoms with van der Waals surface area (Å²) in [5, 5.41) is 0. The molecule has 1 aromatic rings. The summed E-state index contributed by atoms with van der Waals surface area (Å²) >= 11 is 0. The Labute approximate surface area is 95.2 Å². The quantitative estimate of drug-likeness (QED) is 0.562. The van der Waals surface area contributed by atoms with Crippen molar-refractivity contribution in [3.05, 3.63) is 35.9 Å². The zero-order valence-electron chi connectivity index (χ0n) is 9.26. The molecule has 0 bridgehead atoms. The molecule has 0 N–H and O–H groups in total. The molecule has 0 aliphatic carbocycles. The van der Waals surface area contributed by atoms with E-state index in [0.29, 0.717) is 17.1 Å². The first kappa shape index (κ1) is 9.85. The molecule has 3 nitrogen and oxygen atoms in total. The Hall–Kier alpha value is -1.35. The van der Waals surface area contributed by atoms with Gasteiger partial charge in [0.1, 0.15) is 19.2 Å². The number of hydrogen-bond acceptors (Lipinski definition) is 2. The third-order valence-electron chi connectivity index (χ3n) is 3.77. The summed E-state index contributed by atoms with van der Waals surface area (Å²) in [4.78, 5) is 11.9. The number of piperidine rings is 1. The largest absolute Gasteiger partial charge is 0.516 e. The second-order valence-corrected chi connectivity index (χ2v) is 4.78. The highest BCUT2D eigenvalue weighted by Crippen LogP contribution is 2.41. The third-order valence-corrected chi connectivity index (χ3v) is 3.77. The van der Waals surface area contributed by atoms with Gasteiger partial charge < -0.3 is 4.74 Å². The van der Waals surface area contributed by atoms with Crippen LogP contribution in [-0.2, 0) is 11.3 Å². The Balaban J connectivity index is 1.58. The topological polar surface area (TPSA) is 26.3 Å². The monoisotopic (exact) mass is 218 g/mol. The van der Waals surface area contributed by atoms with Crippen molar-refractivity contribution in [2.24, 2.45) is 0 Å². The molecule has 0 aromatic heterocycles. The van der Waals surface area contributed by atoms with E-state index in [0.717, 1.165) is 18.7 Å². The van der Waals surface area contributed by atoms with Gasteiger partial charge in [-0.15, -0.1) is 0 Å². The predicted octanol–water partition coefficient (Wildman–Crippen LogP) is 2.32. The van der Waals surface area contributed by atoms with Crippen LogP contribution in [0.5, 0.6) is 0 Å². The van der Waals surface area contributed by atoms with Gasteiger partial charge in [-0.3, -0.25) is 0 Å². The molecule has 0 spiro atoms. The summed E-state index contributed by atoms with van der Waals surface area (Å²) in [6.45, 7) is 2.40. The minimum Gasteiger partial charge on any atom is -0.415 e. The fraction of sp³-hybridized carbons (Fsp3) is 0.462. The summed E-state index contributed by atoms with van der Waals surface area (Å²) in [5.74, 6) is 0. The lowest BCUT2D eigenvalue weighted by Crippen LogP contribution is -2.34. The number of ether oxygens (including phenoxy) is 1. The number of nitrogens with zero attached hydrogens (tertiary/aromatic N) is 1. The molecule has 1 aromatic carbocycles. The van der Waals surface area contributed by atoms with E-state index in [4.69, 9.17) is 4.74 Å². The van der Waals surface area contributed by atoms with E-state index in [1.54, 1.807) is 0 Å². The highest BCUT2D eigenvalue weighted by atomic mass is 16.6. The van der Waals surface area contributed by atoms with Crippen molar-refractivity contribution >= 4 is 6.09 Å². The first-order valence-corrected chi connectivity index (χ1v) is 5.89. The van der Waals surface area contributed by atoms with Crippen LogP contribution in [0.15, 0.2) is 30.3 Å². The first-order valence-electron chi connectivity index (χ1n) is 5.89. The Morgan fingerprint density at radius 2 is 2.19 bits per heavy atom. The third kappa shape index (κ3) is 1.52. The molecule has 0 radical (unpaired) electrons. The highest BCUT2D eigenvalue weighted by molar-refractivity contribution is 5.62. The van der Waals surface area contributed by atoms with Gasteiger partial charge >= 0.3 is 6.09 Å². The molecular weight excluding hydrogens is 202 g/mol. The molecule has 2 aliphatic heterocycles. The van der Waals surface area contributed by atoms with E-state index in [2.05, 4.69) is 0 Å². The number of fused-ring (bicyclic) bond motifs is 1. The van der Waals surface area contributed by atoms with Crippen LogP contribution >= 0.6 is 0 Å². The van der Waals surface area contributed by atoms with E-state index >= 15 is 0 Å². The van der Waals surface area contributed by atoms with E-state index in [9.17, 15) is 4.79 Å². The normalized spacial score (nSPS) is 30.9. The maximum absolute atomic E-state index is 11.9. The molecule has 3 heteroatoms. The first-order chi connectivity index (χ1) is 7.81. The van der Waals surface area contributed by atoms with Crippen molar-refractivity contribution in [3.63, 3.8) is 0 Å². The van der Waals surface area contributed by atoms with E-state index < -0.39 is 0 Å². The molecule has 1 amide bonds. The van der Waals surface area contributed by atoms with Gasteiger partial charge in [-0.1, -0.05) is 30.3 Å². The van der Waals surface area contributed by atoms with Crippen LogP contribution in [0.3, 0.4) is 0 Å². The highest BCUT2D eigenvalue weighted by Gasteiger charge is 2.65. The van der Waals surface area contributed by atoms with Gasteiger partial charge in [-0.25, -0.2) is 4.48 Å². The molecule has 2 fully saturated rings. The summed E-state index contributed by atoms with van der Waals surface area (Å²) < 4.78 is 5.99.